The molecule has 1 N–H and O–H groups in total. The third kappa shape index (κ3) is 3.93. The summed E-state index contributed by atoms with van der Waals surface area (Å²) in [6.45, 7) is 7.65. The Hall–Kier alpha value is -2.69. The van der Waals surface area contributed by atoms with E-state index in [4.69, 9.17) is 0 Å². The lowest BCUT2D eigenvalue weighted by atomic mass is 9.98. The molecule has 1 aromatic carbocycles. The number of amides is 2. The number of carbonyl (C=O) groups excluding carboxylic acids is 2. The van der Waals surface area contributed by atoms with E-state index in [1.165, 1.54) is 12.4 Å². The molecule has 3 rings (SSSR count). The molecule has 26 heavy (non-hydrogen) atoms. The van der Waals surface area contributed by atoms with E-state index in [1.807, 2.05) is 36.9 Å². The van der Waals surface area contributed by atoms with Gasteiger partial charge in [0.05, 0.1) is 11.1 Å². The number of pyridine rings is 1. The number of likely N-dealkylation sites (tertiary alicyclic amines) is 1. The molecule has 1 aliphatic heterocycles. The van der Waals surface area contributed by atoms with E-state index < -0.39 is 0 Å². The SMILES string of the molecule is Cc1cccc(C)c1NC(=O)c1cncc(C(=O)N2CCC(C)CC2)c1. The lowest BCUT2D eigenvalue weighted by molar-refractivity contribution is 0.0697. The third-order valence-corrected chi connectivity index (χ3v) is 5.04. The van der Waals surface area contributed by atoms with Crippen LogP contribution in [0.2, 0.25) is 0 Å². The number of anilines is 1. The maximum atomic E-state index is 12.7. The molecule has 1 aliphatic rings. The Balaban J connectivity index is 1.76. The monoisotopic (exact) mass is 351 g/mol. The molecule has 5 heteroatoms. The lowest BCUT2D eigenvalue weighted by Gasteiger charge is -2.30. The van der Waals surface area contributed by atoms with Crippen LogP contribution in [0.15, 0.2) is 36.7 Å². The highest BCUT2D eigenvalue weighted by Crippen LogP contribution is 2.21. The first-order valence-electron chi connectivity index (χ1n) is 9.07. The summed E-state index contributed by atoms with van der Waals surface area (Å²) in [4.78, 5) is 31.3. The number of carbonyl (C=O) groups is 2. The summed E-state index contributed by atoms with van der Waals surface area (Å²) in [6.07, 6.45) is 5.08. The Bertz CT molecular complexity index is 804. The van der Waals surface area contributed by atoms with Crippen LogP contribution in [-0.4, -0.2) is 34.8 Å². The second-order valence-corrected chi connectivity index (χ2v) is 7.16. The standard InChI is InChI=1S/C21H25N3O2/c1-14-7-9-24(10-8-14)21(26)18-11-17(12-22-13-18)20(25)23-19-15(2)5-4-6-16(19)3/h4-6,11-14H,7-10H2,1-3H3,(H,23,25). The van der Waals surface area contributed by atoms with Gasteiger partial charge in [-0.3, -0.25) is 14.6 Å². The Kier molecular flexibility index (Phi) is 5.35. The van der Waals surface area contributed by atoms with Crippen LogP contribution in [0.1, 0.15) is 51.6 Å². The molecule has 2 heterocycles. The molecule has 1 fully saturated rings. The molecule has 0 aliphatic carbocycles. The summed E-state index contributed by atoms with van der Waals surface area (Å²) >= 11 is 0. The van der Waals surface area contributed by atoms with Gasteiger partial charge in [0.2, 0.25) is 0 Å². The molecule has 0 spiro atoms. The number of hydrogen-bond acceptors (Lipinski definition) is 3. The van der Waals surface area contributed by atoms with E-state index in [9.17, 15) is 9.59 Å². The molecule has 0 radical (unpaired) electrons. The molecule has 0 bridgehead atoms. The molecule has 2 amide bonds. The Morgan fingerprint density at radius 1 is 1.08 bits per heavy atom. The first-order chi connectivity index (χ1) is 12.5. The Morgan fingerprint density at radius 3 is 2.35 bits per heavy atom. The van der Waals surface area contributed by atoms with Crippen molar-refractivity contribution >= 4 is 17.5 Å². The van der Waals surface area contributed by atoms with Crippen molar-refractivity contribution in [2.45, 2.75) is 33.6 Å². The minimum Gasteiger partial charge on any atom is -0.339 e. The van der Waals surface area contributed by atoms with Crippen molar-refractivity contribution in [2.24, 2.45) is 5.92 Å². The van der Waals surface area contributed by atoms with Gasteiger partial charge in [-0.05, 0) is 49.8 Å². The number of piperidine rings is 1. The lowest BCUT2D eigenvalue weighted by Crippen LogP contribution is -2.38. The van der Waals surface area contributed by atoms with Crippen LogP contribution in [0.5, 0.6) is 0 Å². The fourth-order valence-corrected chi connectivity index (χ4v) is 3.27. The van der Waals surface area contributed by atoms with Crippen molar-refractivity contribution in [3.63, 3.8) is 0 Å². The second-order valence-electron chi connectivity index (χ2n) is 7.16. The van der Waals surface area contributed by atoms with E-state index in [0.717, 1.165) is 42.7 Å². The Labute approximate surface area is 154 Å². The number of rotatable bonds is 3. The predicted molar refractivity (Wildman–Crippen MR) is 102 cm³/mol. The van der Waals surface area contributed by atoms with Crippen LogP contribution in [0.3, 0.4) is 0 Å². The normalized spacial score (nSPS) is 15.0. The minimum absolute atomic E-state index is 0.0499. The van der Waals surface area contributed by atoms with Gasteiger partial charge in [0.25, 0.3) is 11.8 Å². The highest BCUT2D eigenvalue weighted by atomic mass is 16.2. The number of para-hydroxylation sites is 1. The molecule has 0 atom stereocenters. The summed E-state index contributed by atoms with van der Waals surface area (Å²) in [6, 6.07) is 7.51. The first kappa shape index (κ1) is 18.1. The second kappa shape index (κ2) is 7.68. The van der Waals surface area contributed by atoms with Crippen molar-refractivity contribution in [2.75, 3.05) is 18.4 Å². The molecule has 5 nitrogen and oxygen atoms in total. The molecule has 1 saturated heterocycles. The average molecular weight is 351 g/mol. The summed E-state index contributed by atoms with van der Waals surface area (Å²) in [7, 11) is 0. The fraction of sp³-hybridized carbons (Fsp3) is 0.381. The van der Waals surface area contributed by atoms with Gasteiger partial charge in [-0.2, -0.15) is 0 Å². The molecule has 0 saturated carbocycles. The van der Waals surface area contributed by atoms with Gasteiger partial charge in [0.1, 0.15) is 0 Å². The van der Waals surface area contributed by atoms with Crippen LogP contribution in [-0.2, 0) is 0 Å². The minimum atomic E-state index is -0.253. The van der Waals surface area contributed by atoms with Crippen molar-refractivity contribution in [3.8, 4) is 0 Å². The van der Waals surface area contributed by atoms with Crippen LogP contribution < -0.4 is 5.32 Å². The van der Waals surface area contributed by atoms with E-state index in [-0.39, 0.29) is 11.8 Å². The predicted octanol–water partition coefficient (Wildman–Crippen LogP) is 3.82. The van der Waals surface area contributed by atoms with E-state index >= 15 is 0 Å². The topological polar surface area (TPSA) is 62.3 Å². The van der Waals surface area contributed by atoms with Crippen LogP contribution in [0.4, 0.5) is 5.69 Å². The first-order valence-corrected chi connectivity index (χ1v) is 9.07. The number of benzene rings is 1. The van der Waals surface area contributed by atoms with Crippen molar-refractivity contribution in [3.05, 3.63) is 58.9 Å². The summed E-state index contributed by atoms with van der Waals surface area (Å²) in [5, 5.41) is 2.94. The quantitative estimate of drug-likeness (QED) is 0.914. The van der Waals surface area contributed by atoms with Crippen molar-refractivity contribution in [1.29, 1.82) is 0 Å². The maximum absolute atomic E-state index is 12.7. The van der Waals surface area contributed by atoms with Gasteiger partial charge in [0, 0.05) is 31.2 Å². The summed E-state index contributed by atoms with van der Waals surface area (Å²) < 4.78 is 0. The van der Waals surface area contributed by atoms with E-state index in [1.54, 1.807) is 6.07 Å². The van der Waals surface area contributed by atoms with Gasteiger partial charge in [-0.15, -0.1) is 0 Å². The van der Waals surface area contributed by atoms with E-state index in [0.29, 0.717) is 17.0 Å². The largest absolute Gasteiger partial charge is 0.339 e. The molecular formula is C21H25N3O2. The molecule has 2 aromatic rings. The number of aromatic nitrogens is 1. The van der Waals surface area contributed by atoms with Gasteiger partial charge in [0.15, 0.2) is 0 Å². The zero-order valence-corrected chi connectivity index (χ0v) is 15.6. The third-order valence-electron chi connectivity index (χ3n) is 5.04. The van der Waals surface area contributed by atoms with Crippen LogP contribution >= 0.6 is 0 Å². The fourth-order valence-electron chi connectivity index (χ4n) is 3.27. The van der Waals surface area contributed by atoms with Crippen LogP contribution in [0, 0.1) is 19.8 Å². The highest BCUT2D eigenvalue weighted by molar-refractivity contribution is 6.06. The van der Waals surface area contributed by atoms with Gasteiger partial charge >= 0.3 is 0 Å². The van der Waals surface area contributed by atoms with Crippen molar-refractivity contribution < 1.29 is 9.59 Å². The molecular weight excluding hydrogens is 326 g/mol. The molecule has 0 unspecified atom stereocenters. The number of aryl methyl sites for hydroxylation is 2. The number of hydrogen-bond donors (Lipinski definition) is 1. The zero-order valence-electron chi connectivity index (χ0n) is 15.6. The number of nitrogens with zero attached hydrogens (tertiary/aromatic N) is 2. The highest BCUT2D eigenvalue weighted by Gasteiger charge is 2.22. The van der Waals surface area contributed by atoms with Gasteiger partial charge in [-0.1, -0.05) is 25.1 Å². The number of nitrogens with one attached hydrogen (secondary N) is 1. The van der Waals surface area contributed by atoms with Crippen LogP contribution in [0.25, 0.3) is 0 Å². The average Bonchev–Trinajstić information content (AvgIpc) is 2.65. The van der Waals surface area contributed by atoms with Gasteiger partial charge in [-0.25, -0.2) is 0 Å². The van der Waals surface area contributed by atoms with Crippen molar-refractivity contribution in [1.82, 2.24) is 9.88 Å². The summed E-state index contributed by atoms with van der Waals surface area (Å²) in [5.41, 5.74) is 3.67. The molecule has 1 aromatic heterocycles. The summed E-state index contributed by atoms with van der Waals surface area (Å²) in [5.74, 6) is 0.356. The van der Waals surface area contributed by atoms with E-state index in [2.05, 4.69) is 17.2 Å². The van der Waals surface area contributed by atoms with Gasteiger partial charge < -0.3 is 10.2 Å². The smallest absolute Gasteiger partial charge is 0.257 e. The molecule has 136 valence electrons. The zero-order chi connectivity index (χ0) is 18.7. The Morgan fingerprint density at radius 2 is 1.69 bits per heavy atom. The maximum Gasteiger partial charge on any atom is 0.257 e.